The van der Waals surface area contributed by atoms with E-state index in [1.807, 2.05) is 37.7 Å². The van der Waals surface area contributed by atoms with Crippen LogP contribution >= 0.6 is 17.0 Å². The highest BCUT2D eigenvalue weighted by Crippen LogP contribution is 1.68. The summed E-state index contributed by atoms with van der Waals surface area (Å²) in [4.78, 5) is 1.86. The van der Waals surface area contributed by atoms with Gasteiger partial charge in [0.05, 0.1) is 28.2 Å². The summed E-state index contributed by atoms with van der Waals surface area (Å²) in [6, 6.07) is 0. The second-order valence-electron chi connectivity index (χ2n) is 2.15. The number of nitrogens with zero attached hydrogens (tertiary/aromatic N) is 2. The molecular weight excluding hydrogens is 182 g/mol. The lowest BCUT2D eigenvalue weighted by molar-refractivity contribution is -0.470. The van der Waals surface area contributed by atoms with Crippen LogP contribution in [-0.4, -0.2) is 43.6 Å². The van der Waals surface area contributed by atoms with E-state index < -0.39 is 0 Å². The molecule has 0 amide bonds. The molecule has 0 aliphatic heterocycles. The van der Waals surface area contributed by atoms with Crippen molar-refractivity contribution in [1.82, 2.24) is 4.90 Å². The highest BCUT2D eigenvalue weighted by molar-refractivity contribution is 8.93. The summed E-state index contributed by atoms with van der Waals surface area (Å²) in [5, 5.41) is 0. The maximum Gasteiger partial charge on any atom is 0.344 e. The summed E-state index contributed by atoms with van der Waals surface area (Å²) >= 11 is 0. The van der Waals surface area contributed by atoms with Crippen LogP contribution in [0, 0.1) is 0 Å². The zero-order valence-corrected chi connectivity index (χ0v) is 8.09. The van der Waals surface area contributed by atoms with E-state index in [0.717, 1.165) is 5.96 Å². The third kappa shape index (κ3) is 4.27. The average Bonchev–Trinajstić information content (AvgIpc) is 1.64. The van der Waals surface area contributed by atoms with Gasteiger partial charge in [-0.2, -0.15) is 0 Å². The van der Waals surface area contributed by atoms with E-state index in [1.54, 1.807) is 0 Å². The zero-order valence-electron chi connectivity index (χ0n) is 6.38. The van der Waals surface area contributed by atoms with Crippen molar-refractivity contribution in [2.45, 2.75) is 0 Å². The van der Waals surface area contributed by atoms with Gasteiger partial charge in [0.25, 0.3) is 0 Å². The molecule has 4 heteroatoms. The highest BCUT2D eigenvalue weighted by Gasteiger charge is 2.00. The third-order valence-corrected chi connectivity index (χ3v) is 0.916. The number of rotatable bonds is 0. The molecule has 0 unspecified atom stereocenters. The largest absolute Gasteiger partial charge is 0.344 e. The van der Waals surface area contributed by atoms with Crippen LogP contribution in [0.3, 0.4) is 0 Å². The number of hydrogen-bond acceptors (Lipinski definition) is 0. The van der Waals surface area contributed by atoms with Crippen LogP contribution < -0.4 is 5.73 Å². The van der Waals surface area contributed by atoms with Gasteiger partial charge in [-0.15, -0.1) is 17.0 Å². The van der Waals surface area contributed by atoms with E-state index in [-0.39, 0.29) is 17.0 Å². The van der Waals surface area contributed by atoms with Crippen molar-refractivity contribution in [3.8, 4) is 0 Å². The van der Waals surface area contributed by atoms with E-state index in [4.69, 9.17) is 5.73 Å². The summed E-state index contributed by atoms with van der Waals surface area (Å²) in [6.07, 6.45) is 0. The molecule has 0 fully saturated rings. The summed E-state index contributed by atoms with van der Waals surface area (Å²) in [6.45, 7) is 0. The van der Waals surface area contributed by atoms with Gasteiger partial charge in [0.1, 0.15) is 0 Å². The Morgan fingerprint density at radius 1 is 1.33 bits per heavy atom. The Hall–Kier alpha value is -0.250. The van der Waals surface area contributed by atoms with Gasteiger partial charge in [0.2, 0.25) is 0 Å². The van der Waals surface area contributed by atoms with Gasteiger partial charge in [-0.1, -0.05) is 0 Å². The van der Waals surface area contributed by atoms with Gasteiger partial charge < -0.3 is 0 Å². The van der Waals surface area contributed by atoms with Crippen molar-refractivity contribution in [2.24, 2.45) is 5.73 Å². The van der Waals surface area contributed by atoms with Crippen LogP contribution in [0.25, 0.3) is 0 Å². The highest BCUT2D eigenvalue weighted by atomic mass is 79.9. The predicted molar refractivity (Wildman–Crippen MR) is 45.3 cm³/mol. The molecule has 0 aromatic rings. The summed E-state index contributed by atoms with van der Waals surface area (Å²) in [5.41, 5.74) is 5.53. The van der Waals surface area contributed by atoms with Gasteiger partial charge in [0, 0.05) is 0 Å². The van der Waals surface area contributed by atoms with Crippen LogP contribution in [0.2, 0.25) is 0 Å². The Kier molecular flexibility index (Phi) is 5.91. The first-order valence-corrected chi connectivity index (χ1v) is 2.52. The first kappa shape index (κ1) is 11.5. The maximum atomic E-state index is 5.53. The Morgan fingerprint density at radius 2 is 1.67 bits per heavy atom. The number of guanidine groups is 1. The molecule has 0 aromatic heterocycles. The molecule has 0 aliphatic carbocycles. The SMILES string of the molecule is Br.CN(C)C(N)=[N+](C)C. The molecule has 0 bridgehead atoms. The van der Waals surface area contributed by atoms with E-state index in [0.29, 0.717) is 0 Å². The van der Waals surface area contributed by atoms with Crippen LogP contribution in [-0.2, 0) is 0 Å². The molecule has 0 aromatic carbocycles. The van der Waals surface area contributed by atoms with Gasteiger partial charge in [-0.25, -0.2) is 0 Å². The van der Waals surface area contributed by atoms with E-state index >= 15 is 0 Å². The topological polar surface area (TPSA) is 32.3 Å². The molecule has 0 heterocycles. The van der Waals surface area contributed by atoms with Crippen molar-refractivity contribution in [3.05, 3.63) is 0 Å². The average molecular weight is 197 g/mol. The van der Waals surface area contributed by atoms with Crippen LogP contribution in [0.1, 0.15) is 0 Å². The van der Waals surface area contributed by atoms with Crippen LogP contribution in [0.5, 0.6) is 0 Å². The normalized spacial score (nSPS) is 7.56. The second kappa shape index (κ2) is 4.61. The summed E-state index contributed by atoms with van der Waals surface area (Å²) in [5.74, 6) is 0.769. The fourth-order valence-corrected chi connectivity index (χ4v) is 0.400. The molecule has 0 rings (SSSR count). The number of halogens is 1. The Balaban J connectivity index is 0. The Bertz CT molecular complexity index is 105. The van der Waals surface area contributed by atoms with Gasteiger partial charge in [-0.3, -0.25) is 15.2 Å². The number of nitrogens with two attached hydrogens (primary N) is 1. The monoisotopic (exact) mass is 196 g/mol. The molecule has 0 aliphatic rings. The maximum absolute atomic E-state index is 5.53. The quantitative estimate of drug-likeness (QED) is 0.329. The first-order valence-electron chi connectivity index (χ1n) is 2.52. The van der Waals surface area contributed by atoms with Crippen LogP contribution in [0.4, 0.5) is 0 Å². The molecule has 2 N–H and O–H groups in total. The lowest BCUT2D eigenvalue weighted by Crippen LogP contribution is -2.36. The number of hydrogen-bond donors (Lipinski definition) is 1. The van der Waals surface area contributed by atoms with Crippen molar-refractivity contribution < 1.29 is 4.58 Å². The Morgan fingerprint density at radius 3 is 1.67 bits per heavy atom. The van der Waals surface area contributed by atoms with E-state index in [9.17, 15) is 0 Å². The fourth-order valence-electron chi connectivity index (χ4n) is 0.400. The first-order chi connectivity index (χ1) is 3.55. The molecule has 0 saturated carbocycles. The van der Waals surface area contributed by atoms with Crippen molar-refractivity contribution >= 4 is 22.9 Å². The van der Waals surface area contributed by atoms with Crippen molar-refractivity contribution in [1.29, 1.82) is 0 Å². The molecule has 0 radical (unpaired) electrons. The molecule has 3 nitrogen and oxygen atoms in total. The minimum Gasteiger partial charge on any atom is -0.291 e. The molecular formula is C5H15BrN3+. The van der Waals surface area contributed by atoms with Gasteiger partial charge in [-0.05, 0) is 0 Å². The zero-order chi connectivity index (χ0) is 6.73. The third-order valence-electron chi connectivity index (χ3n) is 0.916. The Labute approximate surface area is 66.9 Å². The minimum atomic E-state index is 0. The van der Waals surface area contributed by atoms with Crippen molar-refractivity contribution in [2.75, 3.05) is 28.2 Å². The molecule has 0 spiro atoms. The van der Waals surface area contributed by atoms with E-state index in [1.165, 1.54) is 0 Å². The van der Waals surface area contributed by atoms with E-state index in [2.05, 4.69) is 0 Å². The fraction of sp³-hybridized carbons (Fsp3) is 0.800. The van der Waals surface area contributed by atoms with Crippen molar-refractivity contribution in [3.63, 3.8) is 0 Å². The summed E-state index contributed by atoms with van der Waals surface area (Å²) < 4.78 is 1.86. The van der Waals surface area contributed by atoms with Gasteiger partial charge in [0.15, 0.2) is 0 Å². The summed E-state index contributed by atoms with van der Waals surface area (Å²) in [7, 11) is 7.65. The lowest BCUT2D eigenvalue weighted by Gasteiger charge is -2.04. The molecule has 0 saturated heterocycles. The second-order valence-corrected chi connectivity index (χ2v) is 2.15. The predicted octanol–water partition coefficient (Wildman–Crippen LogP) is -0.287. The molecule has 9 heavy (non-hydrogen) atoms. The smallest absolute Gasteiger partial charge is 0.291 e. The van der Waals surface area contributed by atoms with Gasteiger partial charge >= 0.3 is 5.96 Å². The standard InChI is InChI=1S/C5H13N3.BrH/c1-7(2)5(6)8(3)4;/h6H,1-4H3;1H/p+1. The minimum absolute atomic E-state index is 0. The lowest BCUT2D eigenvalue weighted by atomic mass is 10.8. The molecule has 56 valence electrons. The molecule has 0 atom stereocenters. The van der Waals surface area contributed by atoms with Crippen LogP contribution in [0.15, 0.2) is 0 Å².